The van der Waals surface area contributed by atoms with E-state index in [1.165, 1.54) is 0 Å². The number of cyclic esters (lactones) is 1. The predicted molar refractivity (Wildman–Crippen MR) is 88.8 cm³/mol. The van der Waals surface area contributed by atoms with Crippen LogP contribution < -0.4 is 5.73 Å². The van der Waals surface area contributed by atoms with E-state index in [0.717, 1.165) is 36.2 Å². The highest BCUT2D eigenvalue weighted by atomic mass is 35.5. The quantitative estimate of drug-likeness (QED) is 0.811. The van der Waals surface area contributed by atoms with E-state index in [0.29, 0.717) is 18.7 Å². The van der Waals surface area contributed by atoms with E-state index in [9.17, 15) is 9.90 Å². The topological polar surface area (TPSA) is 75.8 Å². The molecule has 1 fully saturated rings. The van der Waals surface area contributed by atoms with Gasteiger partial charge >= 0.3 is 5.97 Å². The maximum Gasteiger partial charge on any atom is 0.338 e. The van der Waals surface area contributed by atoms with Crippen LogP contribution in [0.3, 0.4) is 0 Å². The van der Waals surface area contributed by atoms with Crippen LogP contribution in [0.4, 0.5) is 0 Å². The second kappa shape index (κ2) is 7.62. The molecule has 5 nitrogen and oxygen atoms in total. The van der Waals surface area contributed by atoms with Crippen molar-refractivity contribution in [2.75, 3.05) is 19.6 Å². The molecular weight excluding hydrogens is 327 g/mol. The molecule has 1 aromatic carbocycles. The van der Waals surface area contributed by atoms with E-state index in [2.05, 4.69) is 4.90 Å². The Morgan fingerprint density at radius 2 is 2.18 bits per heavy atom. The van der Waals surface area contributed by atoms with Crippen molar-refractivity contribution < 1.29 is 14.6 Å². The minimum Gasteiger partial charge on any atom is -0.457 e. The van der Waals surface area contributed by atoms with Crippen molar-refractivity contribution >= 4 is 30.8 Å². The highest BCUT2D eigenvalue weighted by Gasteiger charge is 2.27. The lowest BCUT2D eigenvalue weighted by molar-refractivity contribution is 0.0535. The van der Waals surface area contributed by atoms with Crippen molar-refractivity contribution in [1.29, 1.82) is 0 Å². The predicted octanol–water partition coefficient (Wildman–Crippen LogP) is 1.58. The molecule has 0 unspecified atom stereocenters. The van der Waals surface area contributed by atoms with Gasteiger partial charge in [-0.05, 0) is 37.1 Å². The number of aliphatic hydroxyl groups is 1. The average Bonchev–Trinajstić information content (AvgIpc) is 2.97. The van der Waals surface area contributed by atoms with Crippen LogP contribution in [0.2, 0.25) is 0 Å². The molecular formula is C15H22Cl2N2O3. The van der Waals surface area contributed by atoms with Crippen LogP contribution in [0.15, 0.2) is 12.1 Å². The van der Waals surface area contributed by atoms with Crippen molar-refractivity contribution in [2.45, 2.75) is 32.1 Å². The number of esters is 1. The monoisotopic (exact) mass is 348 g/mol. The van der Waals surface area contributed by atoms with Crippen molar-refractivity contribution in [3.63, 3.8) is 0 Å². The third-order valence-corrected chi connectivity index (χ3v) is 4.31. The van der Waals surface area contributed by atoms with E-state index >= 15 is 0 Å². The van der Waals surface area contributed by atoms with Crippen LogP contribution in [-0.2, 0) is 11.3 Å². The number of halogens is 2. The first kappa shape index (κ1) is 19.2. The summed E-state index contributed by atoms with van der Waals surface area (Å²) in [6.07, 6.45) is 0.430. The molecule has 0 spiro atoms. The SMILES string of the molecule is Cc1c([C@@H](O)CN2CC[C@@H](N)C2)ccc2c1COC2=O.Cl.Cl. The van der Waals surface area contributed by atoms with Gasteiger partial charge in [-0.15, -0.1) is 24.8 Å². The van der Waals surface area contributed by atoms with E-state index < -0.39 is 6.10 Å². The Morgan fingerprint density at radius 3 is 2.82 bits per heavy atom. The number of hydrogen-bond acceptors (Lipinski definition) is 5. The highest BCUT2D eigenvalue weighted by Crippen LogP contribution is 2.29. The molecule has 0 radical (unpaired) electrons. The Bertz CT molecular complexity index is 554. The Labute approximate surface area is 142 Å². The number of nitrogens with zero attached hydrogens (tertiary/aromatic N) is 1. The zero-order chi connectivity index (χ0) is 14.3. The molecule has 2 aliphatic heterocycles. The number of β-amino-alcohol motifs (C(OH)–C–C–N with tert-alkyl or cyclic N) is 1. The fourth-order valence-corrected chi connectivity index (χ4v) is 3.10. The van der Waals surface area contributed by atoms with Crippen molar-refractivity contribution in [3.05, 3.63) is 34.4 Å². The molecule has 2 atom stereocenters. The Kier molecular flexibility index (Phi) is 6.65. The van der Waals surface area contributed by atoms with Gasteiger partial charge < -0.3 is 15.6 Å². The first-order chi connectivity index (χ1) is 9.56. The molecule has 1 saturated heterocycles. The van der Waals surface area contributed by atoms with E-state index in [1.807, 2.05) is 13.0 Å². The lowest BCUT2D eigenvalue weighted by Gasteiger charge is -2.21. The lowest BCUT2D eigenvalue weighted by Crippen LogP contribution is -2.30. The van der Waals surface area contributed by atoms with Gasteiger partial charge in [0.15, 0.2) is 0 Å². The molecule has 3 N–H and O–H groups in total. The molecule has 2 aliphatic rings. The van der Waals surface area contributed by atoms with Gasteiger partial charge in [-0.2, -0.15) is 0 Å². The molecule has 7 heteroatoms. The first-order valence-corrected chi connectivity index (χ1v) is 7.01. The minimum absolute atomic E-state index is 0. The number of nitrogens with two attached hydrogens (primary N) is 1. The first-order valence-electron chi connectivity index (χ1n) is 7.01. The Hall–Kier alpha value is -0.850. The summed E-state index contributed by atoms with van der Waals surface area (Å²) in [5, 5.41) is 10.4. The zero-order valence-electron chi connectivity index (χ0n) is 12.4. The number of ether oxygens (including phenoxy) is 1. The molecule has 1 aromatic rings. The van der Waals surface area contributed by atoms with Gasteiger partial charge in [-0.3, -0.25) is 4.90 Å². The average molecular weight is 349 g/mol. The van der Waals surface area contributed by atoms with E-state index in [4.69, 9.17) is 10.5 Å². The summed E-state index contributed by atoms with van der Waals surface area (Å²) < 4.78 is 5.04. The third kappa shape index (κ3) is 3.55. The molecule has 2 heterocycles. The molecule has 3 rings (SSSR count). The van der Waals surface area contributed by atoms with Crippen molar-refractivity contribution in [2.24, 2.45) is 5.73 Å². The van der Waals surface area contributed by atoms with Gasteiger partial charge in [0.2, 0.25) is 0 Å². The molecule has 0 bridgehead atoms. The van der Waals surface area contributed by atoms with Gasteiger partial charge in [0.25, 0.3) is 0 Å². The number of hydrogen-bond donors (Lipinski definition) is 2. The molecule has 0 aliphatic carbocycles. The summed E-state index contributed by atoms with van der Waals surface area (Å²) in [6, 6.07) is 3.81. The largest absolute Gasteiger partial charge is 0.457 e. The van der Waals surface area contributed by atoms with Crippen molar-refractivity contribution in [1.82, 2.24) is 4.90 Å². The fourth-order valence-electron chi connectivity index (χ4n) is 3.10. The van der Waals surface area contributed by atoms with Gasteiger partial charge in [0.05, 0.1) is 11.7 Å². The number of benzene rings is 1. The summed E-state index contributed by atoms with van der Waals surface area (Å²) in [5.41, 5.74) is 9.25. The number of aliphatic hydroxyl groups excluding tert-OH is 1. The molecule has 22 heavy (non-hydrogen) atoms. The van der Waals surface area contributed by atoms with Gasteiger partial charge in [-0.1, -0.05) is 6.07 Å². The summed E-state index contributed by atoms with van der Waals surface area (Å²) in [7, 11) is 0. The summed E-state index contributed by atoms with van der Waals surface area (Å²) >= 11 is 0. The molecule has 124 valence electrons. The minimum atomic E-state index is -0.554. The highest BCUT2D eigenvalue weighted by molar-refractivity contribution is 5.93. The number of rotatable bonds is 3. The van der Waals surface area contributed by atoms with Crippen LogP contribution >= 0.6 is 24.8 Å². The zero-order valence-corrected chi connectivity index (χ0v) is 14.1. The number of likely N-dealkylation sites (tertiary alicyclic amines) is 1. The Morgan fingerprint density at radius 1 is 1.45 bits per heavy atom. The van der Waals surface area contributed by atoms with Crippen LogP contribution in [0.1, 0.15) is 39.6 Å². The summed E-state index contributed by atoms with van der Waals surface area (Å²) in [6.45, 7) is 4.61. The summed E-state index contributed by atoms with van der Waals surface area (Å²) in [4.78, 5) is 13.7. The lowest BCUT2D eigenvalue weighted by atomic mass is 9.95. The van der Waals surface area contributed by atoms with Gasteiger partial charge in [0.1, 0.15) is 6.61 Å². The van der Waals surface area contributed by atoms with Crippen LogP contribution in [0, 0.1) is 6.92 Å². The Balaban J connectivity index is 0.00000121. The second-order valence-corrected chi connectivity index (χ2v) is 5.71. The number of carbonyl (C=O) groups excluding carboxylic acids is 1. The third-order valence-electron chi connectivity index (χ3n) is 4.31. The standard InChI is InChI=1S/C15H20N2O3.2ClH/c1-9-11(2-3-12-13(9)8-20-15(12)19)14(18)7-17-5-4-10(16)6-17;;/h2-3,10,14,18H,4-8,16H2,1H3;2*1H/t10-,14+;;/m1../s1. The van der Waals surface area contributed by atoms with Crippen LogP contribution in [0.5, 0.6) is 0 Å². The van der Waals surface area contributed by atoms with Gasteiger partial charge in [-0.25, -0.2) is 4.79 Å². The molecule has 0 aromatic heterocycles. The maximum absolute atomic E-state index is 11.5. The van der Waals surface area contributed by atoms with Crippen molar-refractivity contribution in [3.8, 4) is 0 Å². The fraction of sp³-hybridized carbons (Fsp3) is 0.533. The number of fused-ring (bicyclic) bond motifs is 1. The smallest absolute Gasteiger partial charge is 0.338 e. The van der Waals surface area contributed by atoms with E-state index in [-0.39, 0.29) is 36.8 Å². The van der Waals surface area contributed by atoms with E-state index in [1.54, 1.807) is 6.07 Å². The summed E-state index contributed by atoms with van der Waals surface area (Å²) in [5.74, 6) is -0.269. The maximum atomic E-state index is 11.5. The number of carbonyl (C=O) groups is 1. The second-order valence-electron chi connectivity index (χ2n) is 5.71. The van der Waals surface area contributed by atoms with Gasteiger partial charge in [0, 0.05) is 24.7 Å². The van der Waals surface area contributed by atoms with Crippen LogP contribution in [-0.4, -0.2) is 41.7 Å². The molecule has 0 amide bonds. The normalized spacial score (nSPS) is 21.6. The van der Waals surface area contributed by atoms with Crippen LogP contribution in [0.25, 0.3) is 0 Å². The molecule has 0 saturated carbocycles.